The zero-order valence-electron chi connectivity index (χ0n) is 9.60. The fourth-order valence-corrected chi connectivity index (χ4v) is 3.03. The average Bonchev–Trinajstić information content (AvgIpc) is 2.67. The Morgan fingerprint density at radius 3 is 2.53 bits per heavy atom. The van der Waals surface area contributed by atoms with Gasteiger partial charge in [0.2, 0.25) is 0 Å². The van der Waals surface area contributed by atoms with Crippen LogP contribution in [0.5, 0.6) is 0 Å². The average molecular weight is 213 g/mol. The molecule has 2 N–H and O–H groups in total. The van der Waals surface area contributed by atoms with E-state index in [1.165, 1.54) is 12.8 Å². The van der Waals surface area contributed by atoms with Gasteiger partial charge in [0.1, 0.15) is 0 Å². The fraction of sp³-hybridized carbons (Fsp3) is 1.00. The van der Waals surface area contributed by atoms with Crippen LogP contribution in [-0.2, 0) is 0 Å². The van der Waals surface area contributed by atoms with E-state index >= 15 is 0 Å². The summed E-state index contributed by atoms with van der Waals surface area (Å²) in [6.45, 7) is 3.90. The number of aliphatic hydroxyl groups is 2. The molecule has 1 heterocycles. The van der Waals surface area contributed by atoms with E-state index in [1.54, 1.807) is 0 Å². The van der Waals surface area contributed by atoms with E-state index in [4.69, 9.17) is 0 Å². The third-order valence-electron chi connectivity index (χ3n) is 4.10. The molecule has 0 aromatic rings. The van der Waals surface area contributed by atoms with Crippen LogP contribution in [0.3, 0.4) is 0 Å². The van der Waals surface area contributed by atoms with Crippen LogP contribution in [0.2, 0.25) is 0 Å². The van der Waals surface area contributed by atoms with Crippen molar-refractivity contribution in [2.75, 3.05) is 13.1 Å². The Labute approximate surface area is 92.1 Å². The Morgan fingerprint density at radius 2 is 1.93 bits per heavy atom. The third kappa shape index (κ3) is 2.52. The molecule has 2 unspecified atom stereocenters. The summed E-state index contributed by atoms with van der Waals surface area (Å²) < 4.78 is 0. The van der Waals surface area contributed by atoms with Crippen molar-refractivity contribution >= 4 is 0 Å². The molecule has 2 aliphatic rings. The van der Waals surface area contributed by atoms with E-state index in [9.17, 15) is 10.2 Å². The van der Waals surface area contributed by atoms with E-state index in [-0.39, 0.29) is 12.2 Å². The van der Waals surface area contributed by atoms with E-state index in [0.29, 0.717) is 12.0 Å². The lowest BCUT2D eigenvalue weighted by atomic mass is 9.91. The maximum absolute atomic E-state index is 9.95. The molecule has 1 aliphatic heterocycles. The first-order valence-corrected chi connectivity index (χ1v) is 6.28. The molecule has 0 aromatic heterocycles. The minimum absolute atomic E-state index is 0.133. The van der Waals surface area contributed by atoms with Crippen LogP contribution >= 0.6 is 0 Å². The highest BCUT2D eigenvalue weighted by molar-refractivity contribution is 4.89. The Balaban J connectivity index is 1.89. The van der Waals surface area contributed by atoms with Gasteiger partial charge in [0.15, 0.2) is 0 Å². The number of hydrogen-bond donors (Lipinski definition) is 2. The van der Waals surface area contributed by atoms with Crippen LogP contribution < -0.4 is 0 Å². The van der Waals surface area contributed by atoms with Gasteiger partial charge >= 0.3 is 0 Å². The lowest BCUT2D eigenvalue weighted by Gasteiger charge is -2.35. The van der Waals surface area contributed by atoms with Gasteiger partial charge in [0.25, 0.3) is 0 Å². The second-order valence-corrected chi connectivity index (χ2v) is 5.20. The van der Waals surface area contributed by atoms with E-state index in [1.807, 2.05) is 6.92 Å². The number of likely N-dealkylation sites (tertiary alicyclic amines) is 1. The summed E-state index contributed by atoms with van der Waals surface area (Å²) in [5, 5.41) is 19.5. The van der Waals surface area contributed by atoms with E-state index < -0.39 is 0 Å². The molecule has 0 spiro atoms. The fourth-order valence-electron chi connectivity index (χ4n) is 3.03. The van der Waals surface area contributed by atoms with Gasteiger partial charge in [-0.3, -0.25) is 4.90 Å². The summed E-state index contributed by atoms with van der Waals surface area (Å²) >= 11 is 0. The standard InChI is InChI=1S/C12H23NO2/c1-9(14)10-6-7-13(8-10)11-4-2-3-5-12(11)15/h9-12,14-15H,2-8H2,1H3/t9?,10?,11-,12-/m0/s1. The molecule has 0 bridgehead atoms. The zero-order valence-corrected chi connectivity index (χ0v) is 9.60. The lowest BCUT2D eigenvalue weighted by Crippen LogP contribution is -2.44. The predicted octanol–water partition coefficient (Wildman–Crippen LogP) is 0.993. The smallest absolute Gasteiger partial charge is 0.0695 e. The molecule has 0 amide bonds. The minimum Gasteiger partial charge on any atom is -0.393 e. The monoisotopic (exact) mass is 213 g/mol. The van der Waals surface area contributed by atoms with Gasteiger partial charge in [0, 0.05) is 12.6 Å². The normalized spacial score (nSPS) is 40.6. The van der Waals surface area contributed by atoms with Crippen LogP contribution in [-0.4, -0.2) is 46.5 Å². The van der Waals surface area contributed by atoms with Gasteiger partial charge in [-0.2, -0.15) is 0 Å². The second kappa shape index (κ2) is 4.81. The summed E-state index contributed by atoms with van der Waals surface area (Å²) in [6, 6.07) is 0.363. The largest absolute Gasteiger partial charge is 0.393 e. The Bertz CT molecular complexity index is 208. The van der Waals surface area contributed by atoms with Crippen molar-refractivity contribution in [3.8, 4) is 0 Å². The van der Waals surface area contributed by atoms with Gasteiger partial charge in [-0.1, -0.05) is 12.8 Å². The first-order valence-electron chi connectivity index (χ1n) is 6.28. The summed E-state index contributed by atoms with van der Waals surface area (Å²) in [6.07, 6.45) is 5.26. The summed E-state index contributed by atoms with van der Waals surface area (Å²) in [7, 11) is 0. The highest BCUT2D eigenvalue weighted by Gasteiger charge is 2.34. The van der Waals surface area contributed by atoms with Crippen molar-refractivity contribution in [2.45, 2.75) is 57.3 Å². The van der Waals surface area contributed by atoms with Crippen molar-refractivity contribution < 1.29 is 10.2 Å². The summed E-state index contributed by atoms with van der Waals surface area (Å²) in [5.41, 5.74) is 0. The van der Waals surface area contributed by atoms with Gasteiger partial charge in [-0.05, 0) is 38.6 Å². The predicted molar refractivity (Wildman–Crippen MR) is 59.6 cm³/mol. The van der Waals surface area contributed by atoms with E-state index in [0.717, 1.165) is 32.4 Å². The maximum atomic E-state index is 9.95. The van der Waals surface area contributed by atoms with Crippen LogP contribution in [0, 0.1) is 5.92 Å². The van der Waals surface area contributed by atoms with Crippen LogP contribution in [0.15, 0.2) is 0 Å². The zero-order chi connectivity index (χ0) is 10.8. The molecule has 1 aliphatic carbocycles. The van der Waals surface area contributed by atoms with Crippen molar-refractivity contribution in [3.05, 3.63) is 0 Å². The van der Waals surface area contributed by atoms with Gasteiger partial charge in [0.05, 0.1) is 12.2 Å². The molecule has 15 heavy (non-hydrogen) atoms. The van der Waals surface area contributed by atoms with Crippen molar-refractivity contribution in [2.24, 2.45) is 5.92 Å². The minimum atomic E-state index is -0.198. The van der Waals surface area contributed by atoms with Gasteiger partial charge in [-0.15, -0.1) is 0 Å². The van der Waals surface area contributed by atoms with E-state index in [2.05, 4.69) is 4.90 Å². The number of hydrogen-bond acceptors (Lipinski definition) is 3. The van der Waals surface area contributed by atoms with Gasteiger partial charge in [-0.25, -0.2) is 0 Å². The molecular formula is C12H23NO2. The van der Waals surface area contributed by atoms with Crippen LogP contribution in [0.25, 0.3) is 0 Å². The molecule has 1 saturated carbocycles. The van der Waals surface area contributed by atoms with Crippen LogP contribution in [0.1, 0.15) is 39.0 Å². The molecule has 0 aromatic carbocycles. The molecule has 1 saturated heterocycles. The van der Waals surface area contributed by atoms with Crippen molar-refractivity contribution in [1.29, 1.82) is 0 Å². The van der Waals surface area contributed by atoms with Crippen LogP contribution in [0.4, 0.5) is 0 Å². The first kappa shape index (κ1) is 11.4. The molecule has 88 valence electrons. The first-order chi connectivity index (χ1) is 7.18. The maximum Gasteiger partial charge on any atom is 0.0695 e. The number of rotatable bonds is 2. The second-order valence-electron chi connectivity index (χ2n) is 5.20. The molecule has 4 atom stereocenters. The third-order valence-corrected chi connectivity index (χ3v) is 4.10. The molecule has 2 fully saturated rings. The highest BCUT2D eigenvalue weighted by Crippen LogP contribution is 2.29. The number of nitrogens with zero attached hydrogens (tertiary/aromatic N) is 1. The van der Waals surface area contributed by atoms with Crippen molar-refractivity contribution in [3.63, 3.8) is 0 Å². The SMILES string of the molecule is CC(O)C1CCN([C@H]2CCCC[C@@H]2O)C1. The Kier molecular flexibility index (Phi) is 3.65. The Hall–Kier alpha value is -0.120. The quantitative estimate of drug-likeness (QED) is 0.719. The highest BCUT2D eigenvalue weighted by atomic mass is 16.3. The molecule has 0 radical (unpaired) electrons. The molecule has 2 rings (SSSR count). The molecular weight excluding hydrogens is 190 g/mol. The molecule has 3 heteroatoms. The summed E-state index contributed by atoms with van der Waals surface area (Å²) in [4.78, 5) is 2.39. The Morgan fingerprint density at radius 1 is 1.20 bits per heavy atom. The summed E-state index contributed by atoms with van der Waals surface area (Å²) in [5.74, 6) is 0.416. The molecule has 3 nitrogen and oxygen atoms in total. The lowest BCUT2D eigenvalue weighted by molar-refractivity contribution is 0.0252. The number of aliphatic hydroxyl groups excluding tert-OH is 2. The van der Waals surface area contributed by atoms with Crippen molar-refractivity contribution in [1.82, 2.24) is 4.90 Å². The van der Waals surface area contributed by atoms with Gasteiger partial charge < -0.3 is 10.2 Å². The topological polar surface area (TPSA) is 43.7 Å².